The van der Waals surface area contributed by atoms with Gasteiger partial charge in [-0.25, -0.2) is 0 Å². The molecule has 0 aliphatic heterocycles. The van der Waals surface area contributed by atoms with Crippen LogP contribution in [0.2, 0.25) is 0 Å². The number of nitro groups is 1. The lowest BCUT2D eigenvalue weighted by atomic mass is 10.0. The zero-order valence-corrected chi connectivity index (χ0v) is 16.3. The molecule has 0 amide bonds. The van der Waals surface area contributed by atoms with E-state index in [9.17, 15) is 20.2 Å². The van der Waals surface area contributed by atoms with E-state index in [1.165, 1.54) is 23.9 Å². The third kappa shape index (κ3) is 4.98. The molecule has 0 N–H and O–H groups in total. The molecule has 0 heterocycles. The Bertz CT molecular complexity index is 1130. The largest absolute Gasteiger partial charge is 0.288 e. The van der Waals surface area contributed by atoms with Crippen LogP contribution in [-0.2, 0) is 0 Å². The number of ketones is 1. The molecule has 0 aliphatic carbocycles. The molecule has 0 aromatic heterocycles. The molecule has 0 fully saturated rings. The van der Waals surface area contributed by atoms with Gasteiger partial charge in [0.2, 0.25) is 5.78 Å². The summed E-state index contributed by atoms with van der Waals surface area (Å²) >= 11 is 1.29. The fraction of sp³-hybridized carbons (Fsp3) is 0.0435. The molecular formula is C23H16N2O3S. The second-order valence-electron chi connectivity index (χ2n) is 6.26. The Labute approximate surface area is 172 Å². The number of carbonyl (C=O) groups is 1. The number of Topliss-reactive ketones (excluding diaryl/α,β-unsaturated/α-hetero) is 1. The molecule has 0 radical (unpaired) electrons. The maximum atomic E-state index is 12.5. The van der Waals surface area contributed by atoms with Crippen LogP contribution in [0.15, 0.2) is 88.2 Å². The maximum Gasteiger partial charge on any atom is 0.283 e. The summed E-state index contributed by atoms with van der Waals surface area (Å²) in [6, 6.07) is 22.7. The van der Waals surface area contributed by atoms with Crippen molar-refractivity contribution in [3.05, 3.63) is 105 Å². The van der Waals surface area contributed by atoms with Crippen LogP contribution in [0.5, 0.6) is 0 Å². The first-order valence-electron chi connectivity index (χ1n) is 8.72. The number of benzene rings is 3. The molecule has 142 valence electrons. The molecule has 3 aromatic carbocycles. The molecule has 0 unspecified atom stereocenters. The Morgan fingerprint density at radius 3 is 2.38 bits per heavy atom. The van der Waals surface area contributed by atoms with Crippen molar-refractivity contribution in [1.29, 1.82) is 5.26 Å². The standard InChI is InChI=1S/C23H16N2O3S/c1-16-7-10-20(11-8-16)29-22-12-9-17(14-21(22)25(27)28)13-19(15-24)23(26)18-5-3-2-4-6-18/h2-14H,1H3/b19-13-. The topological polar surface area (TPSA) is 84.0 Å². The summed E-state index contributed by atoms with van der Waals surface area (Å²) in [5.41, 5.74) is 1.77. The van der Waals surface area contributed by atoms with Gasteiger partial charge in [-0.05, 0) is 36.8 Å². The molecule has 3 rings (SSSR count). The van der Waals surface area contributed by atoms with Crippen LogP contribution < -0.4 is 0 Å². The van der Waals surface area contributed by atoms with Gasteiger partial charge in [0.1, 0.15) is 11.6 Å². The smallest absolute Gasteiger partial charge is 0.283 e. The van der Waals surface area contributed by atoms with E-state index in [1.54, 1.807) is 42.5 Å². The van der Waals surface area contributed by atoms with Crippen molar-refractivity contribution < 1.29 is 9.72 Å². The molecule has 6 heteroatoms. The van der Waals surface area contributed by atoms with E-state index >= 15 is 0 Å². The molecule has 0 atom stereocenters. The average molecular weight is 400 g/mol. The van der Waals surface area contributed by atoms with E-state index in [2.05, 4.69) is 0 Å². The second kappa shape index (κ2) is 9.00. The first-order valence-corrected chi connectivity index (χ1v) is 9.54. The summed E-state index contributed by atoms with van der Waals surface area (Å²) in [7, 11) is 0. The van der Waals surface area contributed by atoms with Crippen LogP contribution in [0, 0.1) is 28.4 Å². The predicted octanol–water partition coefficient (Wildman–Crippen LogP) is 5.84. The van der Waals surface area contributed by atoms with Crippen LogP contribution in [-0.4, -0.2) is 10.7 Å². The first-order chi connectivity index (χ1) is 14.0. The van der Waals surface area contributed by atoms with E-state index in [4.69, 9.17) is 0 Å². The lowest BCUT2D eigenvalue weighted by Gasteiger charge is -2.05. The minimum Gasteiger partial charge on any atom is -0.288 e. The fourth-order valence-electron chi connectivity index (χ4n) is 2.65. The molecule has 29 heavy (non-hydrogen) atoms. The lowest BCUT2D eigenvalue weighted by molar-refractivity contribution is -0.387. The van der Waals surface area contributed by atoms with Gasteiger partial charge in [-0.15, -0.1) is 0 Å². The number of aryl methyl sites for hydroxylation is 1. The third-order valence-electron chi connectivity index (χ3n) is 4.14. The van der Waals surface area contributed by atoms with Crippen molar-refractivity contribution in [3.8, 4) is 6.07 Å². The van der Waals surface area contributed by atoms with E-state index in [0.717, 1.165) is 10.5 Å². The first kappa shape index (κ1) is 20.1. The van der Waals surface area contributed by atoms with Gasteiger partial charge >= 0.3 is 0 Å². The SMILES string of the molecule is Cc1ccc(Sc2ccc(/C=C(/C#N)C(=O)c3ccccc3)cc2[N+](=O)[O-])cc1. The van der Waals surface area contributed by atoms with Gasteiger partial charge in [0.05, 0.1) is 9.82 Å². The zero-order chi connectivity index (χ0) is 20.8. The van der Waals surface area contributed by atoms with E-state index in [1.807, 2.05) is 37.3 Å². The van der Waals surface area contributed by atoms with Gasteiger partial charge in [0.15, 0.2) is 0 Å². The highest BCUT2D eigenvalue weighted by molar-refractivity contribution is 7.99. The van der Waals surface area contributed by atoms with Crippen molar-refractivity contribution in [2.24, 2.45) is 0 Å². The summed E-state index contributed by atoms with van der Waals surface area (Å²) in [4.78, 5) is 25.0. The highest BCUT2D eigenvalue weighted by Crippen LogP contribution is 2.35. The predicted molar refractivity (Wildman–Crippen MR) is 113 cm³/mol. The average Bonchev–Trinajstić information content (AvgIpc) is 2.74. The van der Waals surface area contributed by atoms with Crippen LogP contribution in [0.25, 0.3) is 6.08 Å². The number of carbonyl (C=O) groups excluding carboxylic acids is 1. The Morgan fingerprint density at radius 2 is 1.76 bits per heavy atom. The van der Waals surface area contributed by atoms with Crippen molar-refractivity contribution in [2.45, 2.75) is 16.7 Å². The van der Waals surface area contributed by atoms with Crippen LogP contribution >= 0.6 is 11.8 Å². The second-order valence-corrected chi connectivity index (χ2v) is 7.38. The number of hydrogen-bond acceptors (Lipinski definition) is 5. The van der Waals surface area contributed by atoms with E-state index in [0.29, 0.717) is 16.0 Å². The highest BCUT2D eigenvalue weighted by atomic mass is 32.2. The highest BCUT2D eigenvalue weighted by Gasteiger charge is 2.17. The summed E-state index contributed by atoms with van der Waals surface area (Å²) < 4.78 is 0. The van der Waals surface area contributed by atoms with Gasteiger partial charge in [-0.1, -0.05) is 65.9 Å². The summed E-state index contributed by atoms with van der Waals surface area (Å²) in [5.74, 6) is -0.422. The number of allylic oxidation sites excluding steroid dienone is 1. The van der Waals surface area contributed by atoms with Gasteiger partial charge < -0.3 is 0 Å². The number of nitrogens with zero attached hydrogens (tertiary/aromatic N) is 2. The summed E-state index contributed by atoms with van der Waals surface area (Å²) in [5, 5.41) is 21.0. The Kier molecular flexibility index (Phi) is 6.22. The molecule has 0 saturated carbocycles. The molecule has 0 aliphatic rings. The fourth-order valence-corrected chi connectivity index (χ4v) is 3.55. The Morgan fingerprint density at radius 1 is 1.07 bits per heavy atom. The third-order valence-corrected chi connectivity index (χ3v) is 5.21. The molecule has 0 saturated heterocycles. The van der Waals surface area contributed by atoms with Crippen molar-refractivity contribution in [2.75, 3.05) is 0 Å². The molecule has 0 bridgehead atoms. The molecule has 5 nitrogen and oxygen atoms in total. The van der Waals surface area contributed by atoms with Gasteiger partial charge in [0.25, 0.3) is 5.69 Å². The Hall–Kier alpha value is -3.69. The van der Waals surface area contributed by atoms with Crippen LogP contribution in [0.3, 0.4) is 0 Å². The monoisotopic (exact) mass is 400 g/mol. The summed E-state index contributed by atoms with van der Waals surface area (Å²) in [6.07, 6.45) is 1.38. The minimum atomic E-state index is -0.459. The maximum absolute atomic E-state index is 12.5. The van der Waals surface area contributed by atoms with Gasteiger partial charge in [-0.2, -0.15) is 5.26 Å². The number of hydrogen-bond donors (Lipinski definition) is 0. The molecule has 0 spiro atoms. The van der Waals surface area contributed by atoms with Gasteiger partial charge in [0, 0.05) is 16.5 Å². The van der Waals surface area contributed by atoms with E-state index in [-0.39, 0.29) is 11.3 Å². The van der Waals surface area contributed by atoms with Crippen molar-refractivity contribution in [3.63, 3.8) is 0 Å². The Balaban J connectivity index is 1.94. The van der Waals surface area contributed by atoms with Crippen molar-refractivity contribution in [1.82, 2.24) is 0 Å². The number of rotatable bonds is 6. The number of nitro benzene ring substituents is 1. The lowest BCUT2D eigenvalue weighted by Crippen LogP contribution is -2.01. The summed E-state index contributed by atoms with van der Waals surface area (Å²) in [6.45, 7) is 1.97. The van der Waals surface area contributed by atoms with E-state index < -0.39 is 10.7 Å². The van der Waals surface area contributed by atoms with Crippen LogP contribution in [0.1, 0.15) is 21.5 Å². The minimum absolute atomic E-state index is 0.0752. The van der Waals surface area contributed by atoms with Crippen molar-refractivity contribution >= 4 is 29.3 Å². The number of nitriles is 1. The zero-order valence-electron chi connectivity index (χ0n) is 15.5. The normalized spacial score (nSPS) is 11.0. The van der Waals surface area contributed by atoms with Gasteiger partial charge in [-0.3, -0.25) is 14.9 Å². The molecular weight excluding hydrogens is 384 g/mol. The van der Waals surface area contributed by atoms with Crippen LogP contribution in [0.4, 0.5) is 5.69 Å². The molecule has 3 aromatic rings. The quantitative estimate of drug-likeness (QED) is 0.170.